The molecule has 1 aliphatic carbocycles. The summed E-state index contributed by atoms with van der Waals surface area (Å²) in [4.78, 5) is 2.39. The lowest BCUT2D eigenvalue weighted by molar-refractivity contribution is 0.806. The molecule has 0 saturated heterocycles. The van der Waals surface area contributed by atoms with Crippen molar-refractivity contribution in [3.05, 3.63) is 343 Å². The molecule has 0 bridgehead atoms. The zero-order valence-electron chi connectivity index (χ0n) is 47.3. The fourth-order valence-corrected chi connectivity index (χ4v) is 13.6. The summed E-state index contributed by atoms with van der Waals surface area (Å²) in [6.07, 6.45) is 7.92. The van der Waals surface area contributed by atoms with E-state index in [2.05, 4.69) is 333 Å². The predicted octanol–water partition coefficient (Wildman–Crippen LogP) is 21.3. The highest BCUT2D eigenvalue weighted by Gasteiger charge is 2.23. The fourth-order valence-electron chi connectivity index (χ4n) is 13.6. The fraction of sp³-hybridized carbons (Fsp3) is 0.0476. The second-order valence-corrected chi connectivity index (χ2v) is 22.5. The van der Waals surface area contributed by atoms with E-state index in [0.717, 1.165) is 36.3 Å². The topological polar surface area (TPSA) is 3.24 Å². The normalized spacial score (nSPS) is 12.3. The van der Waals surface area contributed by atoms with Crippen molar-refractivity contribution >= 4 is 61.5 Å². The third-order valence-electron chi connectivity index (χ3n) is 17.4. The third kappa shape index (κ3) is 9.80. The molecule has 1 aliphatic rings. The van der Waals surface area contributed by atoms with Crippen LogP contribution in [0.5, 0.6) is 0 Å². The van der Waals surface area contributed by atoms with Crippen molar-refractivity contribution in [2.75, 3.05) is 4.90 Å². The van der Waals surface area contributed by atoms with Crippen LogP contribution in [0.2, 0.25) is 0 Å². The molecule has 14 aromatic carbocycles. The molecule has 0 radical (unpaired) electrons. The first-order valence-corrected chi connectivity index (χ1v) is 29.9. The van der Waals surface area contributed by atoms with Gasteiger partial charge in [0.2, 0.25) is 0 Å². The van der Waals surface area contributed by atoms with Crippen LogP contribution in [-0.4, -0.2) is 0 Å². The molecule has 15 rings (SSSR count). The SMILES string of the molecule is C1=c2c(-c3cccc(-c4c5ccccc5c(-c5cccc(N(c6ccccc6)c6cccc(-c7ccccc7)c6)c5)c5ccccc45)c3)c3ccccc3c(-c3cccc(C(Cc4ccccc4)c4cccc(-c5ccccc5)c4)c3)c2=CCC1. The number of anilines is 3. The Balaban J connectivity index is 0.857. The minimum atomic E-state index is 0.149. The van der Waals surface area contributed by atoms with Gasteiger partial charge in [-0.05, 0) is 188 Å². The standard InChI is InChI=1S/C84H61N/c1-5-26-58(27-6-1)52-80(63-34-21-32-61(53-63)59-28-7-2-8-29-59)64-35-22-36-65(54-64)81-72-44-13-15-46-74(72)82(75-47-16-14-45-73(75)81)66-37-23-38-67(55-66)83-76-48-17-19-50-78(76)84(79-51-20-18-49-77(79)83)68-39-25-43-71(57-68)85(69-40-11-4-12-41-69)70-42-24-33-62(56-70)60-30-9-3-10-31-60/h1-13,15,17-51,53-57,80H,14,16,52H2. The maximum atomic E-state index is 2.51. The molecule has 1 nitrogen and oxygen atoms in total. The van der Waals surface area contributed by atoms with Crippen LogP contribution in [0.4, 0.5) is 17.1 Å². The Morgan fingerprint density at radius 3 is 1.06 bits per heavy atom. The second-order valence-electron chi connectivity index (χ2n) is 22.5. The molecule has 0 heterocycles. The van der Waals surface area contributed by atoms with Gasteiger partial charge in [0.1, 0.15) is 0 Å². The van der Waals surface area contributed by atoms with Gasteiger partial charge in [-0.25, -0.2) is 0 Å². The first kappa shape index (κ1) is 51.3. The van der Waals surface area contributed by atoms with Gasteiger partial charge in [-0.2, -0.15) is 0 Å². The maximum absolute atomic E-state index is 2.51. The van der Waals surface area contributed by atoms with Gasteiger partial charge in [0, 0.05) is 23.0 Å². The van der Waals surface area contributed by atoms with Gasteiger partial charge in [-0.3, -0.25) is 0 Å². The van der Waals surface area contributed by atoms with E-state index in [-0.39, 0.29) is 5.92 Å². The Morgan fingerprint density at radius 2 is 0.565 bits per heavy atom. The monoisotopic (exact) mass is 1080 g/mol. The quantitative estimate of drug-likeness (QED) is 0.104. The van der Waals surface area contributed by atoms with Crippen LogP contribution in [0.3, 0.4) is 0 Å². The van der Waals surface area contributed by atoms with E-state index >= 15 is 0 Å². The number of nitrogens with zero attached hydrogens (tertiary/aromatic N) is 1. The molecule has 0 spiro atoms. The minimum absolute atomic E-state index is 0.149. The smallest absolute Gasteiger partial charge is 0.0467 e. The van der Waals surface area contributed by atoms with E-state index < -0.39 is 0 Å². The summed E-state index contributed by atoms with van der Waals surface area (Å²) < 4.78 is 0. The maximum Gasteiger partial charge on any atom is 0.0467 e. The zero-order valence-corrected chi connectivity index (χ0v) is 47.3. The van der Waals surface area contributed by atoms with Crippen LogP contribution < -0.4 is 15.3 Å². The minimum Gasteiger partial charge on any atom is -0.310 e. The Hall–Kier alpha value is -10.6. The van der Waals surface area contributed by atoms with Crippen molar-refractivity contribution in [3.8, 4) is 66.8 Å². The lowest BCUT2D eigenvalue weighted by atomic mass is 9.82. The van der Waals surface area contributed by atoms with Crippen LogP contribution >= 0.6 is 0 Å². The third-order valence-corrected chi connectivity index (χ3v) is 17.4. The Kier molecular flexibility index (Phi) is 13.7. The molecule has 0 amide bonds. The highest BCUT2D eigenvalue weighted by molar-refractivity contribution is 6.22. The molecule has 85 heavy (non-hydrogen) atoms. The number of fused-ring (bicyclic) bond motifs is 4. The summed E-state index contributed by atoms with van der Waals surface area (Å²) in [5.41, 5.74) is 22.1. The van der Waals surface area contributed by atoms with Crippen molar-refractivity contribution in [1.29, 1.82) is 0 Å². The van der Waals surface area contributed by atoms with E-state index in [9.17, 15) is 0 Å². The molecule has 402 valence electrons. The van der Waals surface area contributed by atoms with Crippen LogP contribution in [0.15, 0.2) is 315 Å². The van der Waals surface area contributed by atoms with E-state index in [1.54, 1.807) is 0 Å². The Morgan fingerprint density at radius 1 is 0.247 bits per heavy atom. The van der Waals surface area contributed by atoms with Crippen molar-refractivity contribution in [2.24, 2.45) is 0 Å². The average Bonchev–Trinajstić information content (AvgIpc) is 1.65. The molecule has 0 fully saturated rings. The summed E-state index contributed by atoms with van der Waals surface area (Å²) in [6.45, 7) is 0. The molecule has 1 atom stereocenters. The summed E-state index contributed by atoms with van der Waals surface area (Å²) in [6, 6.07) is 117. The van der Waals surface area contributed by atoms with Gasteiger partial charge in [-0.1, -0.05) is 285 Å². The highest BCUT2D eigenvalue weighted by atomic mass is 15.1. The average molecular weight is 1080 g/mol. The molecule has 0 saturated carbocycles. The van der Waals surface area contributed by atoms with Gasteiger partial charge < -0.3 is 4.90 Å². The molecular formula is C84H61N. The molecule has 14 aromatic rings. The van der Waals surface area contributed by atoms with Crippen molar-refractivity contribution in [3.63, 3.8) is 0 Å². The van der Waals surface area contributed by atoms with Gasteiger partial charge in [0.15, 0.2) is 0 Å². The Labute approximate surface area is 498 Å². The van der Waals surface area contributed by atoms with Crippen LogP contribution in [-0.2, 0) is 6.42 Å². The predicted molar refractivity (Wildman–Crippen MR) is 362 cm³/mol. The second kappa shape index (κ2) is 22.6. The summed E-state index contributed by atoms with van der Waals surface area (Å²) in [7, 11) is 0. The van der Waals surface area contributed by atoms with Crippen LogP contribution in [0.25, 0.3) is 111 Å². The van der Waals surface area contributed by atoms with Crippen molar-refractivity contribution in [2.45, 2.75) is 25.2 Å². The van der Waals surface area contributed by atoms with E-state index in [4.69, 9.17) is 0 Å². The molecule has 0 aliphatic heterocycles. The Bertz CT molecular complexity index is 4850. The molecule has 1 heteroatoms. The number of para-hydroxylation sites is 1. The number of benzene rings is 14. The van der Waals surface area contributed by atoms with Crippen molar-refractivity contribution in [1.82, 2.24) is 0 Å². The highest BCUT2D eigenvalue weighted by Crippen LogP contribution is 2.47. The van der Waals surface area contributed by atoms with E-state index in [1.807, 2.05) is 0 Å². The number of hydrogen-bond acceptors (Lipinski definition) is 1. The number of rotatable bonds is 13. The molecule has 0 aromatic heterocycles. The van der Waals surface area contributed by atoms with E-state index in [0.29, 0.717) is 0 Å². The molecule has 0 N–H and O–H groups in total. The lowest BCUT2D eigenvalue weighted by Gasteiger charge is -2.27. The zero-order chi connectivity index (χ0) is 56.5. The first-order chi connectivity index (χ1) is 42.2. The summed E-state index contributed by atoms with van der Waals surface area (Å²) >= 11 is 0. The van der Waals surface area contributed by atoms with Crippen LogP contribution in [0.1, 0.15) is 35.4 Å². The summed E-state index contributed by atoms with van der Waals surface area (Å²) in [5.74, 6) is 0.149. The van der Waals surface area contributed by atoms with Gasteiger partial charge in [-0.15, -0.1) is 0 Å². The van der Waals surface area contributed by atoms with Gasteiger partial charge in [0.25, 0.3) is 0 Å². The first-order valence-electron chi connectivity index (χ1n) is 29.9. The molecular weight excluding hydrogens is 1020 g/mol. The van der Waals surface area contributed by atoms with Crippen LogP contribution in [0, 0.1) is 0 Å². The van der Waals surface area contributed by atoms with Gasteiger partial charge in [0.05, 0.1) is 0 Å². The molecule has 1 unspecified atom stereocenters. The lowest BCUT2D eigenvalue weighted by Crippen LogP contribution is -2.31. The van der Waals surface area contributed by atoms with Gasteiger partial charge >= 0.3 is 0 Å². The van der Waals surface area contributed by atoms with Crippen molar-refractivity contribution < 1.29 is 0 Å². The number of hydrogen-bond donors (Lipinski definition) is 0. The summed E-state index contributed by atoms with van der Waals surface area (Å²) in [5, 5.41) is 10.1. The van der Waals surface area contributed by atoms with E-state index in [1.165, 1.54) is 126 Å². The largest absolute Gasteiger partial charge is 0.310 e.